The number of amides is 3. The second-order valence-corrected chi connectivity index (χ2v) is 10.1. The van der Waals surface area contributed by atoms with Crippen molar-refractivity contribution in [2.24, 2.45) is 0 Å². The first-order valence-electron chi connectivity index (χ1n) is 12.6. The van der Waals surface area contributed by atoms with Crippen LogP contribution in [0.1, 0.15) is 46.6 Å². The summed E-state index contributed by atoms with van der Waals surface area (Å²) in [6, 6.07) is 9.79. The molecule has 1 aromatic heterocycles. The molecule has 0 bridgehead atoms. The number of benzene rings is 2. The lowest BCUT2D eigenvalue weighted by Crippen LogP contribution is -2.52. The fourth-order valence-electron chi connectivity index (χ4n) is 5.43. The van der Waals surface area contributed by atoms with Gasteiger partial charge in [0.05, 0.1) is 5.52 Å². The molecular weight excluding hydrogens is 515 g/mol. The molecular formula is C27H24F3N5O4. The fraction of sp³-hybridized carbons (Fsp3) is 0.370. The SMILES string of the molecule is O=C1CCC(N2Cc3cc(OC4CCN(Cc5ccc6nc(C(F)(F)F)ncc6c5)C4)ccc3C2=O)C(=O)N1. The van der Waals surface area contributed by atoms with Crippen LogP contribution in [0.4, 0.5) is 13.2 Å². The molecule has 1 N–H and O–H groups in total. The van der Waals surface area contributed by atoms with E-state index in [0.717, 1.165) is 24.1 Å². The van der Waals surface area contributed by atoms with Crippen LogP contribution < -0.4 is 10.1 Å². The van der Waals surface area contributed by atoms with Gasteiger partial charge in [-0.1, -0.05) is 6.07 Å². The number of ether oxygens (including phenoxy) is 1. The van der Waals surface area contributed by atoms with E-state index in [1.807, 2.05) is 6.07 Å². The van der Waals surface area contributed by atoms with Crippen LogP contribution in [-0.2, 0) is 28.9 Å². The van der Waals surface area contributed by atoms with Gasteiger partial charge in [-0.15, -0.1) is 0 Å². The van der Waals surface area contributed by atoms with Crippen LogP contribution >= 0.6 is 0 Å². The Morgan fingerprint density at radius 3 is 2.72 bits per heavy atom. The largest absolute Gasteiger partial charge is 0.489 e. The third-order valence-electron chi connectivity index (χ3n) is 7.33. The van der Waals surface area contributed by atoms with Gasteiger partial charge in [-0.05, 0) is 54.3 Å². The highest BCUT2D eigenvalue weighted by molar-refractivity contribution is 6.05. The van der Waals surface area contributed by atoms with Crippen LogP contribution in [0.2, 0.25) is 0 Å². The number of imide groups is 1. The summed E-state index contributed by atoms with van der Waals surface area (Å²) in [5.41, 5.74) is 2.50. The molecule has 0 saturated carbocycles. The lowest BCUT2D eigenvalue weighted by atomic mass is 10.0. The molecule has 2 saturated heterocycles. The third kappa shape index (κ3) is 5.03. The van der Waals surface area contributed by atoms with Crippen LogP contribution in [0.3, 0.4) is 0 Å². The highest BCUT2D eigenvalue weighted by Gasteiger charge is 2.39. The zero-order chi connectivity index (χ0) is 27.3. The number of nitrogens with zero attached hydrogens (tertiary/aromatic N) is 4. The summed E-state index contributed by atoms with van der Waals surface area (Å²) >= 11 is 0. The maximum absolute atomic E-state index is 12.9. The standard InChI is InChI=1S/C27H24F3N5O4/c28-27(29,30)26-31-11-16-9-15(1-4-21(16)32-26)12-34-8-7-19(14-34)39-18-2-3-20-17(10-18)13-35(25(20)38)22-5-6-23(36)33-24(22)37/h1-4,9-11,19,22H,5-8,12-14H2,(H,33,36,37). The van der Waals surface area contributed by atoms with Crippen LogP contribution in [0.25, 0.3) is 10.9 Å². The summed E-state index contributed by atoms with van der Waals surface area (Å²) in [4.78, 5) is 47.4. The van der Waals surface area contributed by atoms with E-state index in [2.05, 4.69) is 20.2 Å². The number of likely N-dealkylation sites (tertiary alicyclic amines) is 1. The second kappa shape index (κ2) is 9.60. The van der Waals surface area contributed by atoms with Crippen molar-refractivity contribution in [3.8, 4) is 5.75 Å². The monoisotopic (exact) mass is 539 g/mol. The number of aromatic nitrogens is 2. The van der Waals surface area contributed by atoms with Gasteiger partial charge in [0.25, 0.3) is 5.91 Å². The van der Waals surface area contributed by atoms with Crippen LogP contribution in [-0.4, -0.2) is 62.7 Å². The number of halogens is 3. The third-order valence-corrected chi connectivity index (χ3v) is 7.33. The Balaban J connectivity index is 1.07. The van der Waals surface area contributed by atoms with Gasteiger partial charge in [-0.25, -0.2) is 9.97 Å². The summed E-state index contributed by atoms with van der Waals surface area (Å²) in [5, 5.41) is 2.85. The number of carbonyl (C=O) groups is 3. The Bertz CT molecular complexity index is 1490. The smallest absolute Gasteiger partial charge is 0.451 e. The summed E-state index contributed by atoms with van der Waals surface area (Å²) < 4.78 is 44.8. The number of alkyl halides is 3. The molecule has 202 valence electrons. The van der Waals surface area contributed by atoms with Gasteiger partial charge in [-0.2, -0.15) is 13.2 Å². The van der Waals surface area contributed by atoms with E-state index in [-0.39, 0.29) is 36.4 Å². The van der Waals surface area contributed by atoms with Gasteiger partial charge in [0, 0.05) is 49.7 Å². The molecule has 3 amide bonds. The van der Waals surface area contributed by atoms with Crippen molar-refractivity contribution in [3.63, 3.8) is 0 Å². The second-order valence-electron chi connectivity index (χ2n) is 10.1. The molecule has 3 aliphatic rings. The molecule has 2 aromatic carbocycles. The van der Waals surface area contributed by atoms with Crippen molar-refractivity contribution < 1.29 is 32.3 Å². The zero-order valence-corrected chi connectivity index (χ0v) is 20.7. The molecule has 3 aromatic rings. The topological polar surface area (TPSA) is 105 Å². The van der Waals surface area contributed by atoms with Crippen LogP contribution in [0, 0.1) is 0 Å². The molecule has 2 atom stereocenters. The van der Waals surface area contributed by atoms with Crippen molar-refractivity contribution in [1.29, 1.82) is 0 Å². The number of hydrogen-bond donors (Lipinski definition) is 1. The molecule has 0 radical (unpaired) electrons. The molecule has 0 spiro atoms. The number of rotatable bonds is 5. The Hall–Kier alpha value is -4.06. The van der Waals surface area contributed by atoms with E-state index >= 15 is 0 Å². The van der Waals surface area contributed by atoms with Gasteiger partial charge in [0.2, 0.25) is 17.6 Å². The fourth-order valence-corrected chi connectivity index (χ4v) is 5.43. The molecule has 9 nitrogen and oxygen atoms in total. The Labute approximate surface area is 221 Å². The summed E-state index contributed by atoms with van der Waals surface area (Å²) in [6.45, 7) is 2.35. The first-order valence-corrected chi connectivity index (χ1v) is 12.6. The van der Waals surface area contributed by atoms with Crippen molar-refractivity contribution in [2.45, 2.75) is 50.7 Å². The van der Waals surface area contributed by atoms with Crippen molar-refractivity contribution in [1.82, 2.24) is 25.1 Å². The average Bonchev–Trinajstić information content (AvgIpc) is 3.46. The number of piperidine rings is 1. The van der Waals surface area contributed by atoms with E-state index in [4.69, 9.17) is 4.74 Å². The number of carbonyl (C=O) groups excluding carboxylic acids is 3. The number of fused-ring (bicyclic) bond motifs is 2. The first kappa shape index (κ1) is 25.2. The molecule has 3 aliphatic heterocycles. The minimum Gasteiger partial charge on any atom is -0.489 e. The number of nitrogens with one attached hydrogen (secondary N) is 1. The maximum atomic E-state index is 12.9. The maximum Gasteiger partial charge on any atom is 0.451 e. The lowest BCUT2D eigenvalue weighted by Gasteiger charge is -2.29. The predicted octanol–water partition coefficient (Wildman–Crippen LogP) is 3.06. The van der Waals surface area contributed by atoms with Gasteiger partial charge >= 0.3 is 6.18 Å². The highest BCUT2D eigenvalue weighted by Crippen LogP contribution is 2.31. The Kier molecular flexibility index (Phi) is 6.21. The minimum atomic E-state index is -4.58. The van der Waals surface area contributed by atoms with Gasteiger partial charge < -0.3 is 9.64 Å². The summed E-state index contributed by atoms with van der Waals surface area (Å²) in [7, 11) is 0. The minimum absolute atomic E-state index is 0.0653. The molecule has 2 unspecified atom stereocenters. The van der Waals surface area contributed by atoms with E-state index in [1.54, 1.807) is 30.3 Å². The average molecular weight is 540 g/mol. The van der Waals surface area contributed by atoms with Gasteiger partial charge in [-0.3, -0.25) is 24.6 Å². The molecule has 4 heterocycles. The molecule has 39 heavy (non-hydrogen) atoms. The number of hydrogen-bond acceptors (Lipinski definition) is 7. The summed E-state index contributed by atoms with van der Waals surface area (Å²) in [5.74, 6) is -1.51. The molecule has 6 rings (SSSR count). The quantitative estimate of drug-likeness (QED) is 0.497. The van der Waals surface area contributed by atoms with Crippen LogP contribution in [0.5, 0.6) is 5.75 Å². The van der Waals surface area contributed by atoms with Crippen molar-refractivity contribution in [2.75, 3.05) is 13.1 Å². The summed E-state index contributed by atoms with van der Waals surface area (Å²) in [6.07, 6.45) is -2.14. The van der Waals surface area contributed by atoms with E-state index < -0.39 is 23.9 Å². The normalized spacial score (nSPS) is 21.9. The lowest BCUT2D eigenvalue weighted by molar-refractivity contribution is -0.144. The van der Waals surface area contributed by atoms with Gasteiger partial charge in [0.1, 0.15) is 17.9 Å². The van der Waals surface area contributed by atoms with Crippen molar-refractivity contribution >= 4 is 28.6 Å². The molecule has 0 aliphatic carbocycles. The van der Waals surface area contributed by atoms with E-state index in [0.29, 0.717) is 36.2 Å². The van der Waals surface area contributed by atoms with Gasteiger partial charge in [0.15, 0.2) is 0 Å². The Morgan fingerprint density at radius 1 is 1.08 bits per heavy atom. The van der Waals surface area contributed by atoms with Crippen LogP contribution in [0.15, 0.2) is 42.6 Å². The molecule has 12 heteroatoms. The van der Waals surface area contributed by atoms with E-state index in [1.165, 1.54) is 11.1 Å². The predicted molar refractivity (Wildman–Crippen MR) is 131 cm³/mol. The molecule has 2 fully saturated rings. The van der Waals surface area contributed by atoms with E-state index in [9.17, 15) is 27.6 Å². The highest BCUT2D eigenvalue weighted by atomic mass is 19.4. The van der Waals surface area contributed by atoms with Crippen molar-refractivity contribution in [3.05, 3.63) is 65.1 Å². The Morgan fingerprint density at radius 2 is 1.92 bits per heavy atom. The first-order chi connectivity index (χ1) is 18.6. The zero-order valence-electron chi connectivity index (χ0n) is 20.7.